The molecule has 1 aromatic heterocycles. The maximum Gasteiger partial charge on any atom is 0.251 e. The second-order valence-electron chi connectivity index (χ2n) is 6.57. The van der Waals surface area contributed by atoms with Gasteiger partial charge in [0.15, 0.2) is 0 Å². The summed E-state index contributed by atoms with van der Waals surface area (Å²) in [6, 6.07) is 17.6. The highest BCUT2D eigenvalue weighted by atomic mass is 16.5. The molecule has 1 amide bonds. The summed E-state index contributed by atoms with van der Waals surface area (Å²) in [5.41, 5.74) is 2.79. The highest BCUT2D eigenvalue weighted by Crippen LogP contribution is 2.22. The number of nitrogens with zero attached hydrogens (tertiary/aromatic N) is 1. The first kappa shape index (κ1) is 17.9. The minimum atomic E-state index is -0.0490. The Morgan fingerprint density at radius 2 is 1.85 bits per heavy atom. The third-order valence-corrected chi connectivity index (χ3v) is 4.30. The van der Waals surface area contributed by atoms with Gasteiger partial charge in [-0.1, -0.05) is 44.2 Å². The molecular weight excluding hydrogens is 324 g/mol. The van der Waals surface area contributed by atoms with Crippen molar-refractivity contribution in [2.75, 3.05) is 13.2 Å². The number of carbonyl (C=O) groups is 1. The van der Waals surface area contributed by atoms with Gasteiger partial charge in [-0.25, -0.2) is 0 Å². The third kappa shape index (κ3) is 4.39. The van der Waals surface area contributed by atoms with Crippen molar-refractivity contribution in [3.8, 4) is 5.75 Å². The number of pyridine rings is 1. The van der Waals surface area contributed by atoms with E-state index in [9.17, 15) is 4.79 Å². The molecule has 0 aliphatic rings. The topological polar surface area (TPSA) is 51.2 Å². The summed E-state index contributed by atoms with van der Waals surface area (Å²) in [5, 5.41) is 3.99. The standard InChI is InChI=1S/C22H24N2O2/c1-16(2)17-9-11-19(12-10-17)22(25)24-14-5-15-26-20-8-3-6-18-7-4-13-23-21(18)20/h3-4,6-13,16H,5,14-15H2,1-2H3,(H,24,25). The molecule has 2 aromatic carbocycles. The second-order valence-corrected chi connectivity index (χ2v) is 6.57. The van der Waals surface area contributed by atoms with Crippen molar-refractivity contribution in [3.63, 3.8) is 0 Å². The fraction of sp³-hybridized carbons (Fsp3) is 0.273. The molecule has 4 heteroatoms. The molecule has 0 spiro atoms. The Labute approximate surface area is 154 Å². The van der Waals surface area contributed by atoms with Crippen LogP contribution in [-0.4, -0.2) is 24.0 Å². The highest BCUT2D eigenvalue weighted by molar-refractivity contribution is 5.94. The number of hydrogen-bond donors (Lipinski definition) is 1. The molecule has 0 aliphatic carbocycles. The third-order valence-electron chi connectivity index (χ3n) is 4.30. The number of para-hydroxylation sites is 1. The van der Waals surface area contributed by atoms with Crippen LogP contribution in [0.4, 0.5) is 0 Å². The Hall–Kier alpha value is -2.88. The van der Waals surface area contributed by atoms with Crippen LogP contribution < -0.4 is 10.1 Å². The van der Waals surface area contributed by atoms with E-state index in [-0.39, 0.29) is 5.91 Å². The largest absolute Gasteiger partial charge is 0.491 e. The summed E-state index contributed by atoms with van der Waals surface area (Å²) >= 11 is 0. The van der Waals surface area contributed by atoms with Gasteiger partial charge in [0.05, 0.1) is 6.61 Å². The summed E-state index contributed by atoms with van der Waals surface area (Å²) in [4.78, 5) is 16.5. The number of benzene rings is 2. The lowest BCUT2D eigenvalue weighted by molar-refractivity contribution is 0.0951. The molecule has 0 saturated carbocycles. The van der Waals surface area contributed by atoms with Crippen molar-refractivity contribution in [1.82, 2.24) is 10.3 Å². The fourth-order valence-electron chi connectivity index (χ4n) is 2.77. The SMILES string of the molecule is CC(C)c1ccc(C(=O)NCCCOc2cccc3cccnc23)cc1. The molecule has 1 N–H and O–H groups in total. The van der Waals surface area contributed by atoms with Crippen LogP contribution in [0.1, 0.15) is 42.1 Å². The average molecular weight is 348 g/mol. The molecule has 0 fully saturated rings. The Balaban J connectivity index is 1.46. The smallest absolute Gasteiger partial charge is 0.251 e. The normalized spacial score (nSPS) is 10.9. The van der Waals surface area contributed by atoms with Crippen molar-refractivity contribution in [2.24, 2.45) is 0 Å². The summed E-state index contributed by atoms with van der Waals surface area (Å²) in [6.45, 7) is 5.38. The van der Waals surface area contributed by atoms with Crippen LogP contribution in [0.5, 0.6) is 5.75 Å². The second kappa shape index (κ2) is 8.48. The molecule has 26 heavy (non-hydrogen) atoms. The zero-order valence-corrected chi connectivity index (χ0v) is 15.2. The highest BCUT2D eigenvalue weighted by Gasteiger charge is 2.06. The van der Waals surface area contributed by atoms with Crippen molar-refractivity contribution >= 4 is 16.8 Å². The quantitative estimate of drug-likeness (QED) is 0.637. The first-order chi connectivity index (χ1) is 12.6. The first-order valence-electron chi connectivity index (χ1n) is 9.00. The molecule has 0 atom stereocenters. The van der Waals surface area contributed by atoms with Crippen LogP contribution in [0.15, 0.2) is 60.8 Å². The van der Waals surface area contributed by atoms with Gasteiger partial charge in [0.1, 0.15) is 11.3 Å². The van der Waals surface area contributed by atoms with Crippen molar-refractivity contribution in [2.45, 2.75) is 26.2 Å². The molecule has 3 rings (SSSR count). The number of aromatic nitrogens is 1. The molecular formula is C22H24N2O2. The van der Waals surface area contributed by atoms with Gasteiger partial charge >= 0.3 is 0 Å². The molecule has 0 aliphatic heterocycles. The van der Waals surface area contributed by atoms with E-state index in [1.54, 1.807) is 6.20 Å². The predicted molar refractivity (Wildman–Crippen MR) is 105 cm³/mol. The van der Waals surface area contributed by atoms with E-state index in [1.165, 1.54) is 5.56 Å². The summed E-state index contributed by atoms with van der Waals surface area (Å²) in [6.07, 6.45) is 2.50. The number of ether oxygens (including phenoxy) is 1. The molecule has 0 radical (unpaired) electrons. The molecule has 3 aromatic rings. The van der Waals surface area contributed by atoms with Crippen molar-refractivity contribution in [3.05, 3.63) is 71.9 Å². The zero-order valence-electron chi connectivity index (χ0n) is 15.2. The van der Waals surface area contributed by atoms with Gasteiger partial charge in [-0.3, -0.25) is 9.78 Å². The van der Waals surface area contributed by atoms with Gasteiger partial charge in [0, 0.05) is 23.7 Å². The lowest BCUT2D eigenvalue weighted by atomic mass is 10.0. The molecule has 1 heterocycles. The predicted octanol–water partition coefficient (Wildman–Crippen LogP) is 4.56. The number of nitrogens with one attached hydrogen (secondary N) is 1. The van der Waals surface area contributed by atoms with Crippen molar-refractivity contribution in [1.29, 1.82) is 0 Å². The van der Waals surface area contributed by atoms with Crippen molar-refractivity contribution < 1.29 is 9.53 Å². The van der Waals surface area contributed by atoms with E-state index < -0.39 is 0 Å². The van der Waals surface area contributed by atoms with E-state index in [1.807, 2.05) is 54.6 Å². The van der Waals surface area contributed by atoms with Gasteiger partial charge in [-0.2, -0.15) is 0 Å². The first-order valence-corrected chi connectivity index (χ1v) is 9.00. The number of carbonyl (C=O) groups excluding carboxylic acids is 1. The summed E-state index contributed by atoms with van der Waals surface area (Å²) in [5.74, 6) is 1.19. The minimum absolute atomic E-state index is 0.0490. The number of amides is 1. The Morgan fingerprint density at radius 1 is 1.08 bits per heavy atom. The van der Waals surface area contributed by atoms with Crippen LogP contribution in [0.2, 0.25) is 0 Å². The van der Waals surface area contributed by atoms with Gasteiger partial charge < -0.3 is 10.1 Å². The lowest BCUT2D eigenvalue weighted by Crippen LogP contribution is -2.25. The van der Waals surface area contributed by atoms with Gasteiger partial charge in [0.2, 0.25) is 0 Å². The van der Waals surface area contributed by atoms with Gasteiger partial charge in [-0.15, -0.1) is 0 Å². The van der Waals surface area contributed by atoms with Gasteiger partial charge in [0.25, 0.3) is 5.91 Å². The van der Waals surface area contributed by atoms with Gasteiger partial charge in [-0.05, 0) is 42.2 Å². The van der Waals surface area contributed by atoms with E-state index in [2.05, 4.69) is 24.1 Å². The van der Waals surface area contributed by atoms with Crippen LogP contribution in [0, 0.1) is 0 Å². The molecule has 134 valence electrons. The maximum atomic E-state index is 12.2. The molecule has 0 saturated heterocycles. The van der Waals surface area contributed by atoms with E-state index in [0.717, 1.165) is 23.1 Å². The minimum Gasteiger partial charge on any atom is -0.491 e. The summed E-state index contributed by atoms with van der Waals surface area (Å²) < 4.78 is 5.84. The van der Waals surface area contributed by atoms with Crippen LogP contribution in [0.25, 0.3) is 10.9 Å². The Kier molecular flexibility index (Phi) is 5.84. The molecule has 0 bridgehead atoms. The van der Waals surface area contributed by atoms with Crippen LogP contribution in [-0.2, 0) is 0 Å². The Bertz CT molecular complexity index is 867. The maximum absolute atomic E-state index is 12.2. The zero-order chi connectivity index (χ0) is 18.4. The summed E-state index contributed by atoms with van der Waals surface area (Å²) in [7, 11) is 0. The number of rotatable bonds is 7. The van der Waals surface area contributed by atoms with Crippen LogP contribution in [0.3, 0.4) is 0 Å². The van der Waals surface area contributed by atoms with E-state index in [4.69, 9.17) is 4.74 Å². The fourth-order valence-corrected chi connectivity index (χ4v) is 2.77. The lowest BCUT2D eigenvalue weighted by Gasteiger charge is -2.10. The number of hydrogen-bond acceptors (Lipinski definition) is 3. The number of fused-ring (bicyclic) bond motifs is 1. The van der Waals surface area contributed by atoms with Crippen LogP contribution >= 0.6 is 0 Å². The Morgan fingerprint density at radius 3 is 2.62 bits per heavy atom. The molecule has 0 unspecified atom stereocenters. The van der Waals surface area contributed by atoms with E-state index in [0.29, 0.717) is 24.6 Å². The monoisotopic (exact) mass is 348 g/mol. The molecule has 4 nitrogen and oxygen atoms in total. The average Bonchev–Trinajstić information content (AvgIpc) is 2.67. The van der Waals surface area contributed by atoms with E-state index >= 15 is 0 Å².